The van der Waals surface area contributed by atoms with E-state index in [0.717, 1.165) is 23.3 Å². The van der Waals surface area contributed by atoms with Crippen LogP contribution < -0.4 is 10.1 Å². The van der Waals surface area contributed by atoms with E-state index >= 15 is 0 Å². The molecule has 1 N–H and O–H groups in total. The van der Waals surface area contributed by atoms with Crippen molar-refractivity contribution in [2.24, 2.45) is 0 Å². The monoisotopic (exact) mass is 235 g/mol. The van der Waals surface area contributed by atoms with E-state index in [1.165, 1.54) is 0 Å². The molecule has 1 aromatic rings. The van der Waals surface area contributed by atoms with Gasteiger partial charge in [0.15, 0.2) is 0 Å². The van der Waals surface area contributed by atoms with E-state index in [9.17, 15) is 4.79 Å². The van der Waals surface area contributed by atoms with Gasteiger partial charge in [-0.15, -0.1) is 0 Å². The highest BCUT2D eigenvalue weighted by molar-refractivity contribution is 5.78. The Hall–Kier alpha value is -1.51. The Labute approximate surface area is 103 Å². The molecule has 3 heteroatoms. The summed E-state index contributed by atoms with van der Waals surface area (Å²) in [6, 6.07) is 6.07. The molecule has 0 bridgehead atoms. The molecule has 0 spiro atoms. The minimum Gasteiger partial charge on any atom is -0.496 e. The van der Waals surface area contributed by atoms with E-state index in [2.05, 4.69) is 12.2 Å². The van der Waals surface area contributed by atoms with Crippen molar-refractivity contribution in [2.45, 2.75) is 39.7 Å². The third-order valence-corrected chi connectivity index (χ3v) is 2.84. The maximum Gasteiger partial charge on any atom is 0.224 e. The van der Waals surface area contributed by atoms with E-state index in [-0.39, 0.29) is 11.9 Å². The van der Waals surface area contributed by atoms with Gasteiger partial charge in [0.1, 0.15) is 5.75 Å². The molecule has 0 radical (unpaired) electrons. The van der Waals surface area contributed by atoms with Crippen LogP contribution in [-0.4, -0.2) is 19.1 Å². The molecule has 0 aliphatic heterocycles. The molecule has 3 nitrogen and oxygen atoms in total. The molecular formula is C14H21NO2. The quantitative estimate of drug-likeness (QED) is 0.851. The van der Waals surface area contributed by atoms with Crippen molar-refractivity contribution in [3.63, 3.8) is 0 Å². The molecule has 17 heavy (non-hydrogen) atoms. The van der Waals surface area contributed by atoms with E-state index < -0.39 is 0 Å². The lowest BCUT2D eigenvalue weighted by Gasteiger charge is -2.12. The Morgan fingerprint density at radius 2 is 2.18 bits per heavy atom. The van der Waals surface area contributed by atoms with Crippen LogP contribution in [0.4, 0.5) is 0 Å². The first-order chi connectivity index (χ1) is 8.06. The average Bonchev–Trinajstić information content (AvgIpc) is 2.29. The van der Waals surface area contributed by atoms with Gasteiger partial charge in [0.05, 0.1) is 13.5 Å². The Bertz CT molecular complexity index is 388. The highest BCUT2D eigenvalue weighted by atomic mass is 16.5. The van der Waals surface area contributed by atoms with Gasteiger partial charge < -0.3 is 10.1 Å². The minimum absolute atomic E-state index is 0.0731. The summed E-state index contributed by atoms with van der Waals surface area (Å²) in [7, 11) is 1.65. The first-order valence-electron chi connectivity index (χ1n) is 5.99. The number of nitrogens with one attached hydrogen (secondary N) is 1. The number of amides is 1. The van der Waals surface area contributed by atoms with Crippen molar-refractivity contribution >= 4 is 5.91 Å². The van der Waals surface area contributed by atoms with Crippen LogP contribution in [0.2, 0.25) is 0 Å². The van der Waals surface area contributed by atoms with E-state index in [1.54, 1.807) is 7.11 Å². The number of carbonyl (C=O) groups is 1. The highest BCUT2D eigenvalue weighted by Gasteiger charge is 2.07. The molecule has 0 saturated heterocycles. The second-order valence-electron chi connectivity index (χ2n) is 4.36. The molecule has 0 fully saturated rings. The molecule has 1 unspecified atom stereocenters. The van der Waals surface area contributed by atoms with Gasteiger partial charge in [0.25, 0.3) is 0 Å². The number of hydrogen-bond acceptors (Lipinski definition) is 2. The van der Waals surface area contributed by atoms with Crippen molar-refractivity contribution < 1.29 is 9.53 Å². The maximum atomic E-state index is 11.7. The van der Waals surface area contributed by atoms with E-state index in [4.69, 9.17) is 4.74 Å². The van der Waals surface area contributed by atoms with Crippen LogP contribution in [-0.2, 0) is 11.2 Å². The smallest absolute Gasteiger partial charge is 0.224 e. The van der Waals surface area contributed by atoms with Gasteiger partial charge in [-0.2, -0.15) is 0 Å². The molecule has 1 aromatic carbocycles. The largest absolute Gasteiger partial charge is 0.496 e. The second kappa shape index (κ2) is 6.28. The standard InChI is InChI=1S/C14H21NO2/c1-5-11(3)15-14(16)9-12-6-7-13(17-4)10(2)8-12/h6-8,11H,5,9H2,1-4H3,(H,15,16). The van der Waals surface area contributed by atoms with Crippen LogP contribution in [0.15, 0.2) is 18.2 Å². The molecule has 94 valence electrons. The lowest BCUT2D eigenvalue weighted by Crippen LogP contribution is -2.33. The zero-order valence-electron chi connectivity index (χ0n) is 11.0. The summed E-state index contributed by atoms with van der Waals surface area (Å²) >= 11 is 0. The second-order valence-corrected chi connectivity index (χ2v) is 4.36. The predicted molar refractivity (Wildman–Crippen MR) is 69.3 cm³/mol. The Morgan fingerprint density at radius 3 is 2.71 bits per heavy atom. The zero-order chi connectivity index (χ0) is 12.8. The number of aryl methyl sites for hydroxylation is 1. The molecule has 0 aliphatic rings. The molecule has 1 amide bonds. The summed E-state index contributed by atoms with van der Waals surface area (Å²) in [6.07, 6.45) is 1.38. The van der Waals surface area contributed by atoms with Crippen molar-refractivity contribution in [1.29, 1.82) is 0 Å². The summed E-state index contributed by atoms with van der Waals surface area (Å²) in [5, 5.41) is 2.96. The van der Waals surface area contributed by atoms with Crippen molar-refractivity contribution in [2.75, 3.05) is 7.11 Å². The molecule has 0 aliphatic carbocycles. The molecule has 0 aromatic heterocycles. The van der Waals surface area contributed by atoms with Gasteiger partial charge in [-0.3, -0.25) is 4.79 Å². The van der Waals surface area contributed by atoms with Crippen LogP contribution in [0.1, 0.15) is 31.4 Å². The summed E-state index contributed by atoms with van der Waals surface area (Å²) in [6.45, 7) is 6.05. The number of carbonyl (C=O) groups excluding carboxylic acids is 1. The highest BCUT2D eigenvalue weighted by Crippen LogP contribution is 2.18. The molecular weight excluding hydrogens is 214 g/mol. The molecule has 1 rings (SSSR count). The van der Waals surface area contributed by atoms with Crippen LogP contribution >= 0.6 is 0 Å². The summed E-state index contributed by atoms with van der Waals surface area (Å²) in [5.74, 6) is 0.931. The Morgan fingerprint density at radius 1 is 1.47 bits per heavy atom. The number of methoxy groups -OCH3 is 1. The van der Waals surface area contributed by atoms with Crippen molar-refractivity contribution in [1.82, 2.24) is 5.32 Å². The lowest BCUT2D eigenvalue weighted by molar-refractivity contribution is -0.121. The fraction of sp³-hybridized carbons (Fsp3) is 0.500. The topological polar surface area (TPSA) is 38.3 Å². The first kappa shape index (κ1) is 13.6. The summed E-state index contributed by atoms with van der Waals surface area (Å²) < 4.78 is 5.19. The van der Waals surface area contributed by atoms with Gasteiger partial charge in [-0.25, -0.2) is 0 Å². The molecule has 0 saturated carbocycles. The third kappa shape index (κ3) is 4.10. The third-order valence-electron chi connectivity index (χ3n) is 2.84. The number of hydrogen-bond donors (Lipinski definition) is 1. The van der Waals surface area contributed by atoms with E-state index in [0.29, 0.717) is 6.42 Å². The SMILES string of the molecule is CCC(C)NC(=O)Cc1ccc(OC)c(C)c1. The predicted octanol–water partition coefficient (Wildman–Crippen LogP) is 2.46. The van der Waals surface area contributed by atoms with Gasteiger partial charge in [0.2, 0.25) is 5.91 Å². The van der Waals surface area contributed by atoms with Crippen molar-refractivity contribution in [3.8, 4) is 5.75 Å². The Balaban J connectivity index is 2.63. The number of benzene rings is 1. The minimum atomic E-state index is 0.0731. The van der Waals surface area contributed by atoms with Gasteiger partial charge in [0, 0.05) is 6.04 Å². The van der Waals surface area contributed by atoms with Gasteiger partial charge in [-0.1, -0.05) is 19.1 Å². The summed E-state index contributed by atoms with van der Waals surface area (Å²) in [4.78, 5) is 11.7. The first-order valence-corrected chi connectivity index (χ1v) is 5.99. The zero-order valence-corrected chi connectivity index (χ0v) is 11.0. The average molecular weight is 235 g/mol. The van der Waals surface area contributed by atoms with Crippen LogP contribution in [0.3, 0.4) is 0 Å². The normalized spacial score (nSPS) is 12.0. The fourth-order valence-electron chi connectivity index (χ4n) is 1.66. The van der Waals surface area contributed by atoms with Crippen LogP contribution in [0, 0.1) is 6.92 Å². The van der Waals surface area contributed by atoms with Gasteiger partial charge >= 0.3 is 0 Å². The van der Waals surface area contributed by atoms with Crippen LogP contribution in [0.25, 0.3) is 0 Å². The molecule has 1 atom stereocenters. The van der Waals surface area contributed by atoms with E-state index in [1.807, 2.05) is 32.0 Å². The number of ether oxygens (including phenoxy) is 1. The maximum absolute atomic E-state index is 11.7. The molecule has 0 heterocycles. The summed E-state index contributed by atoms with van der Waals surface area (Å²) in [5.41, 5.74) is 2.07. The lowest BCUT2D eigenvalue weighted by atomic mass is 10.1. The van der Waals surface area contributed by atoms with Crippen LogP contribution in [0.5, 0.6) is 5.75 Å². The van der Waals surface area contributed by atoms with Crippen molar-refractivity contribution in [3.05, 3.63) is 29.3 Å². The Kier molecular flexibility index (Phi) is 5.01. The number of rotatable bonds is 5. The fourth-order valence-corrected chi connectivity index (χ4v) is 1.66. The van der Waals surface area contributed by atoms with Gasteiger partial charge in [-0.05, 0) is 37.5 Å².